The average Bonchev–Trinajstić information content (AvgIpc) is 2.62. The van der Waals surface area contributed by atoms with Gasteiger partial charge in [0.2, 0.25) is 5.91 Å². The van der Waals surface area contributed by atoms with Gasteiger partial charge in [-0.2, -0.15) is 0 Å². The number of ether oxygens (including phenoxy) is 1. The Morgan fingerprint density at radius 1 is 1.21 bits per heavy atom. The molecule has 0 bridgehead atoms. The number of aromatic nitrogens is 1. The number of carbonyl (C=O) groups excluding carboxylic acids is 2. The van der Waals surface area contributed by atoms with Crippen LogP contribution in [0.25, 0.3) is 0 Å². The van der Waals surface area contributed by atoms with Crippen molar-refractivity contribution in [2.75, 3.05) is 24.6 Å². The maximum Gasteiger partial charge on any atom is 0.265 e. The Hall–Kier alpha value is -2.89. The number of nitrogens with one attached hydrogen (secondary N) is 1. The van der Waals surface area contributed by atoms with Gasteiger partial charge in [0.1, 0.15) is 5.75 Å². The second-order valence-corrected chi connectivity index (χ2v) is 5.47. The Labute approximate surface area is 140 Å². The zero-order valence-electron chi connectivity index (χ0n) is 13.3. The zero-order valence-corrected chi connectivity index (χ0v) is 13.3. The number of anilines is 1. The molecule has 0 spiro atoms. The van der Waals surface area contributed by atoms with E-state index in [1.165, 1.54) is 0 Å². The van der Waals surface area contributed by atoms with E-state index >= 15 is 0 Å². The molecule has 0 radical (unpaired) electrons. The van der Waals surface area contributed by atoms with Crippen LogP contribution in [0.15, 0.2) is 48.7 Å². The molecule has 1 N–H and O–H groups in total. The fraction of sp³-hybridized carbons (Fsp3) is 0.278. The third-order valence-electron chi connectivity index (χ3n) is 3.80. The van der Waals surface area contributed by atoms with Gasteiger partial charge in [-0.3, -0.25) is 14.6 Å². The van der Waals surface area contributed by atoms with Gasteiger partial charge in [0.05, 0.1) is 5.69 Å². The van der Waals surface area contributed by atoms with Crippen molar-refractivity contribution < 1.29 is 14.3 Å². The number of hydrogen-bond acceptors (Lipinski definition) is 4. The number of pyridine rings is 1. The Bertz CT molecular complexity index is 718. The molecule has 24 heavy (non-hydrogen) atoms. The molecular weight excluding hydrogens is 306 g/mol. The number of benzene rings is 1. The largest absolute Gasteiger partial charge is 0.482 e. The number of hydrogen-bond donors (Lipinski definition) is 1. The fourth-order valence-corrected chi connectivity index (χ4v) is 2.58. The summed E-state index contributed by atoms with van der Waals surface area (Å²) in [4.78, 5) is 29.8. The lowest BCUT2D eigenvalue weighted by Crippen LogP contribution is -2.41. The second kappa shape index (κ2) is 7.59. The Morgan fingerprint density at radius 3 is 2.88 bits per heavy atom. The number of para-hydroxylation sites is 2. The molecule has 6 nitrogen and oxygen atoms in total. The second-order valence-electron chi connectivity index (χ2n) is 5.47. The summed E-state index contributed by atoms with van der Waals surface area (Å²) < 4.78 is 5.39. The predicted molar refractivity (Wildman–Crippen MR) is 89.9 cm³/mol. The van der Waals surface area contributed by atoms with E-state index in [1.54, 1.807) is 11.1 Å². The topological polar surface area (TPSA) is 71.5 Å². The summed E-state index contributed by atoms with van der Waals surface area (Å²) in [7, 11) is 0. The first-order chi connectivity index (χ1) is 11.7. The molecule has 0 saturated heterocycles. The van der Waals surface area contributed by atoms with Crippen molar-refractivity contribution in [1.29, 1.82) is 0 Å². The van der Waals surface area contributed by atoms with Crippen molar-refractivity contribution >= 4 is 17.5 Å². The molecule has 0 atom stereocenters. The first kappa shape index (κ1) is 16.0. The highest BCUT2D eigenvalue weighted by Crippen LogP contribution is 2.31. The standard InChI is InChI=1S/C18H19N3O3/c22-17(20-11-8-14-5-3-4-10-19-14)9-12-21-15-6-1-2-7-16(15)24-13-18(21)23/h1-7,10H,8-9,11-13H2,(H,20,22). The van der Waals surface area contributed by atoms with Gasteiger partial charge in [-0.1, -0.05) is 18.2 Å². The fourth-order valence-electron chi connectivity index (χ4n) is 2.58. The minimum atomic E-state index is -0.130. The summed E-state index contributed by atoms with van der Waals surface area (Å²) in [6.45, 7) is 0.885. The third-order valence-corrected chi connectivity index (χ3v) is 3.80. The molecular formula is C18H19N3O3. The monoisotopic (exact) mass is 325 g/mol. The SMILES string of the molecule is O=C(CCN1C(=O)COc2ccccc21)NCCc1ccccn1. The molecule has 6 heteroatoms. The van der Waals surface area contributed by atoms with Crippen LogP contribution in [0.2, 0.25) is 0 Å². The van der Waals surface area contributed by atoms with Crippen molar-refractivity contribution in [3.8, 4) is 5.75 Å². The highest BCUT2D eigenvalue weighted by atomic mass is 16.5. The van der Waals surface area contributed by atoms with Crippen LogP contribution in [0.4, 0.5) is 5.69 Å². The quantitative estimate of drug-likeness (QED) is 0.875. The maximum absolute atomic E-state index is 12.0. The highest BCUT2D eigenvalue weighted by Gasteiger charge is 2.25. The first-order valence-corrected chi connectivity index (χ1v) is 7.93. The maximum atomic E-state index is 12.0. The van der Waals surface area contributed by atoms with Gasteiger partial charge in [-0.25, -0.2) is 0 Å². The normalized spacial score (nSPS) is 13.2. The van der Waals surface area contributed by atoms with E-state index in [9.17, 15) is 9.59 Å². The van der Waals surface area contributed by atoms with Gasteiger partial charge in [0.15, 0.2) is 6.61 Å². The van der Waals surface area contributed by atoms with E-state index in [1.807, 2.05) is 42.5 Å². The van der Waals surface area contributed by atoms with E-state index in [0.29, 0.717) is 25.3 Å². The summed E-state index contributed by atoms with van der Waals surface area (Å²) in [6.07, 6.45) is 2.67. The van der Waals surface area contributed by atoms with E-state index in [0.717, 1.165) is 11.4 Å². The van der Waals surface area contributed by atoms with Crippen LogP contribution in [0, 0.1) is 0 Å². The average molecular weight is 325 g/mol. The Morgan fingerprint density at radius 2 is 2.04 bits per heavy atom. The third kappa shape index (κ3) is 3.90. The summed E-state index contributed by atoms with van der Waals surface area (Å²) in [5, 5.41) is 2.86. The minimum Gasteiger partial charge on any atom is -0.482 e. The van der Waals surface area contributed by atoms with Gasteiger partial charge in [-0.05, 0) is 24.3 Å². The molecule has 0 fully saturated rings. The zero-order chi connectivity index (χ0) is 16.8. The lowest BCUT2D eigenvalue weighted by atomic mass is 10.2. The summed E-state index contributed by atoms with van der Waals surface area (Å²) in [5.41, 5.74) is 1.66. The smallest absolute Gasteiger partial charge is 0.265 e. The first-order valence-electron chi connectivity index (χ1n) is 7.93. The molecule has 0 unspecified atom stereocenters. The van der Waals surface area contributed by atoms with Gasteiger partial charge in [-0.15, -0.1) is 0 Å². The Kier molecular flexibility index (Phi) is 5.05. The van der Waals surface area contributed by atoms with Crippen molar-refractivity contribution in [3.63, 3.8) is 0 Å². The Balaban J connectivity index is 1.48. The van der Waals surface area contributed by atoms with Crippen LogP contribution in [0.5, 0.6) is 5.75 Å². The number of carbonyl (C=O) groups is 2. The van der Waals surface area contributed by atoms with Crippen LogP contribution in [0.3, 0.4) is 0 Å². The summed E-state index contributed by atoms with van der Waals surface area (Å²) in [5.74, 6) is 0.463. The molecule has 0 aliphatic carbocycles. The van der Waals surface area contributed by atoms with Crippen molar-refractivity contribution in [3.05, 3.63) is 54.4 Å². The summed E-state index contributed by atoms with van der Waals surface area (Å²) in [6, 6.07) is 13.1. The van der Waals surface area contributed by atoms with E-state index in [-0.39, 0.29) is 24.8 Å². The van der Waals surface area contributed by atoms with Crippen LogP contribution in [0.1, 0.15) is 12.1 Å². The van der Waals surface area contributed by atoms with E-state index in [4.69, 9.17) is 4.74 Å². The van der Waals surface area contributed by atoms with Crippen LogP contribution in [-0.2, 0) is 16.0 Å². The lowest BCUT2D eigenvalue weighted by molar-refractivity contribution is -0.122. The number of nitrogens with zero attached hydrogens (tertiary/aromatic N) is 2. The van der Waals surface area contributed by atoms with E-state index < -0.39 is 0 Å². The number of amides is 2. The van der Waals surface area contributed by atoms with Crippen molar-refractivity contribution in [1.82, 2.24) is 10.3 Å². The minimum absolute atomic E-state index is 0.0122. The molecule has 2 aromatic rings. The van der Waals surface area contributed by atoms with Crippen LogP contribution >= 0.6 is 0 Å². The van der Waals surface area contributed by atoms with Crippen molar-refractivity contribution in [2.45, 2.75) is 12.8 Å². The number of fused-ring (bicyclic) bond motifs is 1. The van der Waals surface area contributed by atoms with E-state index in [2.05, 4.69) is 10.3 Å². The lowest BCUT2D eigenvalue weighted by Gasteiger charge is -2.29. The molecule has 1 aliphatic heterocycles. The molecule has 2 heterocycles. The molecule has 3 rings (SSSR count). The van der Waals surface area contributed by atoms with Gasteiger partial charge in [0, 0.05) is 37.8 Å². The molecule has 1 aliphatic rings. The predicted octanol–water partition coefficient (Wildman–Crippen LogP) is 1.56. The van der Waals surface area contributed by atoms with Gasteiger partial charge < -0.3 is 15.0 Å². The molecule has 0 saturated carbocycles. The molecule has 1 aromatic heterocycles. The molecule has 124 valence electrons. The van der Waals surface area contributed by atoms with Gasteiger partial charge in [0.25, 0.3) is 5.91 Å². The van der Waals surface area contributed by atoms with Gasteiger partial charge >= 0.3 is 0 Å². The van der Waals surface area contributed by atoms with Crippen LogP contribution in [-0.4, -0.2) is 36.5 Å². The molecule has 1 aromatic carbocycles. The van der Waals surface area contributed by atoms with Crippen molar-refractivity contribution in [2.24, 2.45) is 0 Å². The van der Waals surface area contributed by atoms with Crippen LogP contribution < -0.4 is 15.0 Å². The summed E-state index contributed by atoms with van der Waals surface area (Å²) >= 11 is 0. The number of rotatable bonds is 6. The molecule has 2 amide bonds. The highest BCUT2D eigenvalue weighted by molar-refractivity contribution is 5.98.